The molecule has 26 heavy (non-hydrogen) atoms. The Morgan fingerprint density at radius 3 is 2.23 bits per heavy atom. The highest BCUT2D eigenvalue weighted by Crippen LogP contribution is 2.48. The molecule has 0 radical (unpaired) electrons. The summed E-state index contributed by atoms with van der Waals surface area (Å²) in [6, 6.07) is 13.5. The lowest BCUT2D eigenvalue weighted by Gasteiger charge is -2.34. The summed E-state index contributed by atoms with van der Waals surface area (Å²) in [5, 5.41) is 0. The minimum atomic E-state index is 0.159. The fraction of sp³-hybridized carbons (Fsp3) is 0.500. The van der Waals surface area contributed by atoms with Gasteiger partial charge in [-0.3, -0.25) is 0 Å². The molecule has 0 fully saturated rings. The van der Waals surface area contributed by atoms with Gasteiger partial charge in [-0.1, -0.05) is 60.1 Å². The van der Waals surface area contributed by atoms with Crippen LogP contribution < -0.4 is 9.64 Å². The van der Waals surface area contributed by atoms with Gasteiger partial charge in [-0.25, -0.2) is 0 Å². The Bertz CT molecular complexity index is 776. The molecular formula is C24H33NO. The van der Waals surface area contributed by atoms with Crippen LogP contribution in [0, 0.1) is 0 Å². The van der Waals surface area contributed by atoms with Crippen LogP contribution in [0.4, 0.5) is 11.4 Å². The summed E-state index contributed by atoms with van der Waals surface area (Å²) in [5.74, 6) is 2.49. The molecule has 0 N–H and O–H groups in total. The minimum absolute atomic E-state index is 0.159. The topological polar surface area (TPSA) is 12.5 Å². The monoisotopic (exact) mass is 351 g/mol. The lowest BCUT2D eigenvalue weighted by Crippen LogP contribution is -2.23. The normalized spacial score (nSPS) is 13.4. The summed E-state index contributed by atoms with van der Waals surface area (Å²) in [5.41, 5.74) is 5.22. The third-order valence-corrected chi connectivity index (χ3v) is 5.81. The number of rotatable bonds is 6. The maximum atomic E-state index is 6.42. The molecule has 0 spiro atoms. The number of hydrogen-bond acceptors (Lipinski definition) is 2. The van der Waals surface area contributed by atoms with Gasteiger partial charge in [-0.05, 0) is 59.6 Å². The molecule has 1 aliphatic heterocycles. The van der Waals surface area contributed by atoms with Crippen molar-refractivity contribution in [3.05, 3.63) is 47.5 Å². The van der Waals surface area contributed by atoms with E-state index in [1.807, 2.05) is 0 Å². The van der Waals surface area contributed by atoms with Crippen molar-refractivity contribution in [3.8, 4) is 11.5 Å². The Kier molecular flexibility index (Phi) is 5.32. The van der Waals surface area contributed by atoms with E-state index in [1.54, 1.807) is 0 Å². The van der Waals surface area contributed by atoms with Crippen LogP contribution in [0.3, 0.4) is 0 Å². The highest BCUT2D eigenvalue weighted by Gasteiger charge is 2.27. The van der Waals surface area contributed by atoms with Crippen LogP contribution in [0.25, 0.3) is 0 Å². The lowest BCUT2D eigenvalue weighted by molar-refractivity contribution is 0.462. The number of nitrogens with zero attached hydrogens (tertiary/aromatic N) is 1. The molecule has 3 rings (SSSR count). The van der Waals surface area contributed by atoms with Gasteiger partial charge in [0.05, 0.1) is 11.4 Å². The van der Waals surface area contributed by atoms with Gasteiger partial charge in [0.2, 0.25) is 0 Å². The van der Waals surface area contributed by atoms with Crippen molar-refractivity contribution in [1.82, 2.24) is 0 Å². The average molecular weight is 352 g/mol. The highest BCUT2D eigenvalue weighted by molar-refractivity contribution is 5.78. The van der Waals surface area contributed by atoms with Crippen LogP contribution in [0.1, 0.15) is 77.8 Å². The van der Waals surface area contributed by atoms with E-state index >= 15 is 0 Å². The largest absolute Gasteiger partial charge is 0.453 e. The van der Waals surface area contributed by atoms with Gasteiger partial charge in [0.25, 0.3) is 0 Å². The first-order chi connectivity index (χ1) is 12.4. The second kappa shape index (κ2) is 7.34. The maximum absolute atomic E-state index is 6.42. The van der Waals surface area contributed by atoms with Crippen molar-refractivity contribution in [2.45, 2.75) is 72.1 Å². The van der Waals surface area contributed by atoms with Crippen LogP contribution in [-0.2, 0) is 5.41 Å². The van der Waals surface area contributed by atoms with Gasteiger partial charge in [0.1, 0.15) is 0 Å². The lowest BCUT2D eigenvalue weighted by atomic mass is 9.82. The Morgan fingerprint density at radius 2 is 1.62 bits per heavy atom. The third kappa shape index (κ3) is 3.47. The number of anilines is 2. The van der Waals surface area contributed by atoms with Crippen molar-refractivity contribution in [1.29, 1.82) is 0 Å². The molecule has 0 atom stereocenters. The van der Waals surface area contributed by atoms with Gasteiger partial charge < -0.3 is 9.64 Å². The third-order valence-electron chi connectivity index (χ3n) is 5.81. The Labute approximate surface area is 159 Å². The molecule has 1 heterocycles. The minimum Gasteiger partial charge on any atom is -0.453 e. The second-order valence-electron chi connectivity index (χ2n) is 8.41. The van der Waals surface area contributed by atoms with Crippen LogP contribution in [0.2, 0.25) is 0 Å². The number of unbranched alkanes of at least 4 members (excludes halogenated alkanes) is 1. The van der Waals surface area contributed by atoms with Gasteiger partial charge in [0.15, 0.2) is 11.5 Å². The van der Waals surface area contributed by atoms with Crippen LogP contribution in [-0.4, -0.2) is 6.54 Å². The fourth-order valence-electron chi connectivity index (χ4n) is 3.44. The number of benzene rings is 2. The standard InChI is InChI=1S/C24H33NO/c1-7-9-14-25-20-12-10-18(17(3)4)15-22(20)26-23-16-19(11-13-21(23)25)24(5,6)8-2/h10-13,15-17H,7-9,14H2,1-6H3. The molecule has 0 saturated heterocycles. The molecule has 2 heteroatoms. The smallest absolute Gasteiger partial charge is 0.151 e. The van der Waals surface area contributed by atoms with E-state index in [0.717, 1.165) is 24.5 Å². The number of ether oxygens (including phenoxy) is 1. The molecule has 2 nitrogen and oxygen atoms in total. The SMILES string of the molecule is CCCCN1c2ccc(C(C)C)cc2Oc2cc(C(C)(C)CC)ccc21. The Morgan fingerprint density at radius 1 is 0.962 bits per heavy atom. The van der Waals surface area contributed by atoms with E-state index in [-0.39, 0.29) is 5.41 Å². The summed E-state index contributed by atoms with van der Waals surface area (Å²) < 4.78 is 6.42. The molecule has 2 aromatic rings. The predicted molar refractivity (Wildman–Crippen MR) is 112 cm³/mol. The average Bonchev–Trinajstić information content (AvgIpc) is 2.64. The van der Waals surface area contributed by atoms with Crippen molar-refractivity contribution in [2.24, 2.45) is 0 Å². The van der Waals surface area contributed by atoms with E-state index in [2.05, 4.69) is 82.8 Å². The Hall–Kier alpha value is -1.96. The molecular weight excluding hydrogens is 318 g/mol. The predicted octanol–water partition coefficient (Wildman–Crippen LogP) is 7.54. The van der Waals surface area contributed by atoms with Crippen LogP contribution in [0.5, 0.6) is 11.5 Å². The van der Waals surface area contributed by atoms with Gasteiger partial charge in [-0.2, -0.15) is 0 Å². The molecule has 140 valence electrons. The van der Waals surface area contributed by atoms with E-state index in [4.69, 9.17) is 4.74 Å². The second-order valence-corrected chi connectivity index (χ2v) is 8.41. The molecule has 0 aromatic heterocycles. The molecule has 0 aliphatic carbocycles. The summed E-state index contributed by atoms with van der Waals surface area (Å²) >= 11 is 0. The molecule has 0 bridgehead atoms. The van der Waals surface area contributed by atoms with E-state index in [9.17, 15) is 0 Å². The number of hydrogen-bond donors (Lipinski definition) is 0. The first-order valence-corrected chi connectivity index (χ1v) is 10.1. The van der Waals surface area contributed by atoms with E-state index in [0.29, 0.717) is 5.92 Å². The summed E-state index contributed by atoms with van der Waals surface area (Å²) in [6.07, 6.45) is 3.47. The summed E-state index contributed by atoms with van der Waals surface area (Å²) in [6.45, 7) is 14.6. The number of fused-ring (bicyclic) bond motifs is 2. The first-order valence-electron chi connectivity index (χ1n) is 10.1. The van der Waals surface area contributed by atoms with Gasteiger partial charge >= 0.3 is 0 Å². The quantitative estimate of drug-likeness (QED) is 0.533. The molecule has 1 aliphatic rings. The van der Waals surface area contributed by atoms with Crippen molar-refractivity contribution in [3.63, 3.8) is 0 Å². The first kappa shape index (κ1) is 18.8. The fourth-order valence-corrected chi connectivity index (χ4v) is 3.44. The van der Waals surface area contributed by atoms with E-state index < -0.39 is 0 Å². The molecule has 0 unspecified atom stereocenters. The molecule has 0 saturated carbocycles. The van der Waals surface area contributed by atoms with Crippen LogP contribution >= 0.6 is 0 Å². The zero-order chi connectivity index (χ0) is 18.9. The van der Waals surface area contributed by atoms with Crippen LogP contribution in [0.15, 0.2) is 36.4 Å². The molecule has 0 amide bonds. The summed E-state index contributed by atoms with van der Waals surface area (Å²) in [4.78, 5) is 2.44. The zero-order valence-corrected chi connectivity index (χ0v) is 17.2. The van der Waals surface area contributed by atoms with Gasteiger partial charge in [0, 0.05) is 6.54 Å². The highest BCUT2D eigenvalue weighted by atomic mass is 16.5. The van der Waals surface area contributed by atoms with Crippen molar-refractivity contribution >= 4 is 11.4 Å². The van der Waals surface area contributed by atoms with Crippen molar-refractivity contribution in [2.75, 3.05) is 11.4 Å². The van der Waals surface area contributed by atoms with E-state index in [1.165, 1.54) is 35.3 Å². The van der Waals surface area contributed by atoms with Crippen molar-refractivity contribution < 1.29 is 4.74 Å². The Balaban J connectivity index is 2.07. The van der Waals surface area contributed by atoms with Gasteiger partial charge in [-0.15, -0.1) is 0 Å². The summed E-state index contributed by atoms with van der Waals surface area (Å²) in [7, 11) is 0. The molecule has 2 aromatic carbocycles. The zero-order valence-electron chi connectivity index (χ0n) is 17.2. The maximum Gasteiger partial charge on any atom is 0.151 e.